The quantitative estimate of drug-likeness (QED) is 0.0222. The molecule has 0 fully saturated rings. The summed E-state index contributed by atoms with van der Waals surface area (Å²) in [5.74, 6) is -1.30. The first-order valence-electron chi connectivity index (χ1n) is 44.7. The number of rotatable bonds is 86. The van der Waals surface area contributed by atoms with Gasteiger partial charge in [-0.1, -0.05) is 413 Å². The van der Waals surface area contributed by atoms with Crippen LogP contribution in [-0.2, 0) is 65.4 Å². The minimum Gasteiger partial charge on any atom is -0.462 e. The van der Waals surface area contributed by atoms with E-state index in [1.165, 1.54) is 289 Å². The molecule has 624 valence electrons. The van der Waals surface area contributed by atoms with E-state index in [4.69, 9.17) is 37.0 Å². The number of hydrogen-bond donors (Lipinski definition) is 3. The first-order chi connectivity index (χ1) is 51.1. The third kappa shape index (κ3) is 78.5. The number of carbonyl (C=O) groups excluding carboxylic acids is 4. The third-order valence-corrected chi connectivity index (χ3v) is 22.5. The Morgan fingerprint density at radius 3 is 0.676 bits per heavy atom. The number of phosphoric acid groups is 2. The lowest BCUT2D eigenvalue weighted by Gasteiger charge is -2.21. The average molecular weight is 1540 g/mol. The van der Waals surface area contributed by atoms with Crippen LogP contribution in [0.3, 0.4) is 0 Å². The summed E-state index contributed by atoms with van der Waals surface area (Å²) in [5, 5.41) is 10.7. The zero-order chi connectivity index (χ0) is 76.9. The van der Waals surface area contributed by atoms with Crippen molar-refractivity contribution in [2.75, 3.05) is 39.6 Å². The average Bonchev–Trinajstić information content (AvgIpc) is 0.910. The summed E-state index contributed by atoms with van der Waals surface area (Å²) in [7, 11) is -9.93. The number of ether oxygens (including phenoxy) is 4. The van der Waals surface area contributed by atoms with Crippen molar-refractivity contribution in [2.24, 2.45) is 5.92 Å². The van der Waals surface area contributed by atoms with E-state index in [1.807, 2.05) is 0 Å². The summed E-state index contributed by atoms with van der Waals surface area (Å²) < 4.78 is 68.9. The van der Waals surface area contributed by atoms with Gasteiger partial charge in [-0.25, -0.2) is 9.13 Å². The maximum Gasteiger partial charge on any atom is 0.472 e. The van der Waals surface area contributed by atoms with Gasteiger partial charge in [0.1, 0.15) is 19.3 Å². The zero-order valence-corrected chi connectivity index (χ0v) is 70.7. The normalized spacial score (nSPS) is 14.0. The molecule has 3 unspecified atom stereocenters. The molecule has 0 rings (SSSR count). The van der Waals surface area contributed by atoms with Crippen LogP contribution in [0.4, 0.5) is 0 Å². The molecule has 105 heavy (non-hydrogen) atoms. The van der Waals surface area contributed by atoms with E-state index in [-0.39, 0.29) is 25.7 Å². The van der Waals surface area contributed by atoms with Crippen molar-refractivity contribution in [2.45, 2.75) is 483 Å². The molecule has 0 amide bonds. The van der Waals surface area contributed by atoms with Gasteiger partial charge in [0.15, 0.2) is 12.2 Å². The fourth-order valence-corrected chi connectivity index (χ4v) is 15.0. The molecule has 0 bridgehead atoms. The standard InChI is InChI=1S/C86H168O17P2/c1-6-10-13-16-19-22-25-27-29-31-33-35-37-39-41-44-50-55-60-65-70-84(89)97-76-81(102-85(90)71-66-61-56-51-45-42-40-38-36-34-32-30-28-26-23-20-17-14-11-7-2)77-100-104(92,93)98-73-80(87)74-99-105(94,95)101-78-82(75-96-83(88)69-64-59-54-49-43-24-21-18-15-12-8-3)103-86(91)72-67-62-57-52-47-46-48-53-58-63-68-79(5)9-4/h79-82,87H,6-78H2,1-5H3,(H,92,93)(H,94,95)/t79?,80-,81-,82-/m1/s1. The van der Waals surface area contributed by atoms with Gasteiger partial charge in [0.25, 0.3) is 0 Å². The number of hydrogen-bond acceptors (Lipinski definition) is 15. The van der Waals surface area contributed by atoms with Gasteiger partial charge in [0, 0.05) is 25.7 Å². The Balaban J connectivity index is 5.23. The minimum absolute atomic E-state index is 0.107. The first-order valence-corrected chi connectivity index (χ1v) is 47.7. The second kappa shape index (κ2) is 78.7. The molecule has 17 nitrogen and oxygen atoms in total. The monoisotopic (exact) mass is 1540 g/mol. The first kappa shape index (κ1) is 103. The van der Waals surface area contributed by atoms with E-state index < -0.39 is 97.5 Å². The van der Waals surface area contributed by atoms with Crippen molar-refractivity contribution in [1.82, 2.24) is 0 Å². The van der Waals surface area contributed by atoms with Gasteiger partial charge in [-0.15, -0.1) is 0 Å². The largest absolute Gasteiger partial charge is 0.472 e. The Kier molecular flexibility index (Phi) is 77.3. The van der Waals surface area contributed by atoms with Gasteiger partial charge in [-0.2, -0.15) is 0 Å². The highest BCUT2D eigenvalue weighted by atomic mass is 31.2. The predicted molar refractivity (Wildman–Crippen MR) is 432 cm³/mol. The molecule has 0 heterocycles. The summed E-state index contributed by atoms with van der Waals surface area (Å²) in [4.78, 5) is 73.2. The van der Waals surface area contributed by atoms with Gasteiger partial charge >= 0.3 is 39.5 Å². The van der Waals surface area contributed by atoms with E-state index in [0.29, 0.717) is 25.7 Å². The Morgan fingerprint density at radius 2 is 0.457 bits per heavy atom. The van der Waals surface area contributed by atoms with Gasteiger partial charge in [0.2, 0.25) is 0 Å². The highest BCUT2D eigenvalue weighted by Gasteiger charge is 2.30. The smallest absolute Gasteiger partial charge is 0.462 e. The van der Waals surface area contributed by atoms with Crippen LogP contribution in [0.1, 0.15) is 465 Å². The molecular weight excluding hydrogens is 1370 g/mol. The molecule has 0 aromatic carbocycles. The highest BCUT2D eigenvalue weighted by molar-refractivity contribution is 7.47. The summed E-state index contributed by atoms with van der Waals surface area (Å²) in [6.45, 7) is 7.38. The minimum atomic E-state index is -4.97. The van der Waals surface area contributed by atoms with Crippen molar-refractivity contribution in [3.8, 4) is 0 Å². The Bertz CT molecular complexity index is 2000. The molecule has 0 aromatic rings. The molecule has 0 spiro atoms. The molecule has 3 N–H and O–H groups in total. The summed E-state index contributed by atoms with van der Waals surface area (Å²) in [5.41, 5.74) is 0. The maximum absolute atomic E-state index is 13.1. The lowest BCUT2D eigenvalue weighted by Crippen LogP contribution is -2.30. The van der Waals surface area contributed by atoms with E-state index in [2.05, 4.69) is 34.6 Å². The fourth-order valence-electron chi connectivity index (χ4n) is 13.4. The lowest BCUT2D eigenvalue weighted by molar-refractivity contribution is -0.161. The van der Waals surface area contributed by atoms with Crippen molar-refractivity contribution >= 4 is 39.5 Å². The van der Waals surface area contributed by atoms with E-state index >= 15 is 0 Å². The van der Waals surface area contributed by atoms with Crippen molar-refractivity contribution in [3.05, 3.63) is 0 Å². The summed E-state index contributed by atoms with van der Waals surface area (Å²) in [6.07, 6.45) is 72.2. The molecule has 0 saturated heterocycles. The third-order valence-electron chi connectivity index (χ3n) is 20.6. The van der Waals surface area contributed by atoms with Crippen LogP contribution in [0.5, 0.6) is 0 Å². The van der Waals surface area contributed by atoms with Gasteiger partial charge in [0.05, 0.1) is 26.4 Å². The molecule has 0 radical (unpaired) electrons. The lowest BCUT2D eigenvalue weighted by atomic mass is 9.99. The molecule has 0 aliphatic carbocycles. The number of aliphatic hydroxyl groups is 1. The van der Waals surface area contributed by atoms with Crippen LogP contribution in [0.15, 0.2) is 0 Å². The van der Waals surface area contributed by atoms with E-state index in [9.17, 15) is 43.2 Å². The van der Waals surface area contributed by atoms with Crippen molar-refractivity contribution in [3.63, 3.8) is 0 Å². The van der Waals surface area contributed by atoms with Crippen LogP contribution in [-0.4, -0.2) is 96.7 Å². The second-order valence-electron chi connectivity index (χ2n) is 31.2. The SMILES string of the molecule is CCCCCCCCCCCCCCCCCCCCCCC(=O)OC[C@H](COP(=O)(O)OC[C@@H](O)COP(=O)(O)OC[C@@H](COC(=O)CCCCCCCCCCCCC)OC(=O)CCCCCCCCCCCCC(C)CC)OC(=O)CCCCCCCCCCCCCCCCCCCCCC. The molecule has 6 atom stereocenters. The van der Waals surface area contributed by atoms with Gasteiger partial charge in [-0.05, 0) is 31.6 Å². The maximum atomic E-state index is 13.1. The number of carbonyl (C=O) groups is 4. The van der Waals surface area contributed by atoms with Gasteiger partial charge in [-0.3, -0.25) is 37.3 Å². The zero-order valence-electron chi connectivity index (χ0n) is 68.9. The Labute approximate surface area is 645 Å². The number of aliphatic hydroxyl groups excluding tert-OH is 1. The van der Waals surface area contributed by atoms with Crippen LogP contribution >= 0.6 is 15.6 Å². The van der Waals surface area contributed by atoms with Crippen LogP contribution in [0.2, 0.25) is 0 Å². The van der Waals surface area contributed by atoms with Gasteiger partial charge < -0.3 is 33.8 Å². The molecule has 0 aromatic heterocycles. The molecule has 19 heteroatoms. The number of esters is 4. The number of phosphoric ester groups is 2. The summed E-state index contributed by atoms with van der Waals surface area (Å²) in [6, 6.07) is 0. The van der Waals surface area contributed by atoms with Crippen molar-refractivity contribution in [1.29, 1.82) is 0 Å². The molecule has 0 aliphatic rings. The van der Waals surface area contributed by atoms with E-state index in [0.717, 1.165) is 95.8 Å². The fraction of sp³-hybridized carbons (Fsp3) is 0.953. The molecule has 0 aliphatic heterocycles. The Morgan fingerprint density at radius 1 is 0.267 bits per heavy atom. The molecule has 0 saturated carbocycles. The summed E-state index contributed by atoms with van der Waals surface area (Å²) >= 11 is 0. The number of unbranched alkanes of at least 4 members (excludes halogenated alkanes) is 57. The van der Waals surface area contributed by atoms with Crippen molar-refractivity contribution < 1.29 is 80.2 Å². The predicted octanol–water partition coefficient (Wildman–Crippen LogP) is 26.4. The van der Waals surface area contributed by atoms with Crippen LogP contribution in [0.25, 0.3) is 0 Å². The Hall–Kier alpha value is -1.94. The van der Waals surface area contributed by atoms with Crippen LogP contribution in [0, 0.1) is 5.92 Å². The van der Waals surface area contributed by atoms with E-state index in [1.54, 1.807) is 0 Å². The van der Waals surface area contributed by atoms with Crippen LogP contribution < -0.4 is 0 Å². The second-order valence-corrected chi connectivity index (χ2v) is 34.1. The topological polar surface area (TPSA) is 237 Å². The highest BCUT2D eigenvalue weighted by Crippen LogP contribution is 2.45. The molecular formula is C86H168O17P2.